The molecule has 0 spiro atoms. The van der Waals surface area contributed by atoms with Crippen LogP contribution < -0.4 is 15.0 Å². The molecule has 2 aromatic carbocycles. The summed E-state index contributed by atoms with van der Waals surface area (Å²) in [6.07, 6.45) is 1.69. The van der Waals surface area contributed by atoms with Crippen LogP contribution in [0.25, 0.3) is 10.9 Å². The number of carbonyl (C=O) groups is 2. The largest absolute Gasteiger partial charge is 0.464 e. The van der Waals surface area contributed by atoms with Crippen molar-refractivity contribution in [3.63, 3.8) is 0 Å². The standard InChI is InChI=1S/C21H17N5O4/c1-22-20(27)25-11-10-15-16(25)8-5-9-17(15)30-19-12-18(23-13-24-19)26(21(28)29)14-6-3-2-4-7-14/h2-13H,1H3,(H,22,27)(H,28,29). The molecule has 0 aliphatic heterocycles. The minimum Gasteiger partial charge on any atom is -0.464 e. The Labute approximate surface area is 171 Å². The predicted octanol–water partition coefficient (Wildman–Crippen LogP) is 4.23. The molecule has 0 fully saturated rings. The highest BCUT2D eigenvalue weighted by Gasteiger charge is 2.19. The number of nitrogens with zero attached hydrogens (tertiary/aromatic N) is 4. The lowest BCUT2D eigenvalue weighted by Gasteiger charge is -2.18. The van der Waals surface area contributed by atoms with Gasteiger partial charge in [-0.15, -0.1) is 0 Å². The first-order chi connectivity index (χ1) is 14.6. The Morgan fingerprint density at radius 3 is 2.60 bits per heavy atom. The van der Waals surface area contributed by atoms with Crippen molar-refractivity contribution in [2.45, 2.75) is 0 Å². The zero-order chi connectivity index (χ0) is 21.1. The highest BCUT2D eigenvalue weighted by Crippen LogP contribution is 2.32. The van der Waals surface area contributed by atoms with Crippen LogP contribution in [0.1, 0.15) is 0 Å². The fraction of sp³-hybridized carbons (Fsp3) is 0.0476. The van der Waals surface area contributed by atoms with Crippen LogP contribution in [0.2, 0.25) is 0 Å². The number of benzene rings is 2. The lowest BCUT2D eigenvalue weighted by atomic mass is 10.2. The average molecular weight is 403 g/mol. The molecule has 4 rings (SSSR count). The van der Waals surface area contributed by atoms with E-state index in [4.69, 9.17) is 4.74 Å². The summed E-state index contributed by atoms with van der Waals surface area (Å²) < 4.78 is 7.38. The number of hydrogen-bond acceptors (Lipinski definition) is 5. The predicted molar refractivity (Wildman–Crippen MR) is 111 cm³/mol. The van der Waals surface area contributed by atoms with Gasteiger partial charge in [0.05, 0.1) is 11.2 Å². The van der Waals surface area contributed by atoms with E-state index in [0.29, 0.717) is 22.3 Å². The quantitative estimate of drug-likeness (QED) is 0.528. The molecule has 150 valence electrons. The summed E-state index contributed by atoms with van der Waals surface area (Å²) in [6.45, 7) is 0. The van der Waals surface area contributed by atoms with E-state index in [1.54, 1.807) is 67.8 Å². The van der Waals surface area contributed by atoms with Crippen molar-refractivity contribution in [3.05, 3.63) is 73.2 Å². The number of anilines is 2. The van der Waals surface area contributed by atoms with E-state index < -0.39 is 6.09 Å². The second-order valence-corrected chi connectivity index (χ2v) is 6.20. The number of amides is 2. The fourth-order valence-electron chi connectivity index (χ4n) is 3.06. The second-order valence-electron chi connectivity index (χ2n) is 6.20. The smallest absolute Gasteiger partial charge is 0.417 e. The first-order valence-corrected chi connectivity index (χ1v) is 8.98. The number of para-hydroxylation sites is 1. The van der Waals surface area contributed by atoms with Crippen LogP contribution in [-0.2, 0) is 0 Å². The number of rotatable bonds is 4. The summed E-state index contributed by atoms with van der Waals surface area (Å²) in [5.41, 5.74) is 1.11. The molecule has 0 atom stereocenters. The molecule has 30 heavy (non-hydrogen) atoms. The molecule has 2 N–H and O–H groups in total. The molecule has 0 bridgehead atoms. The van der Waals surface area contributed by atoms with Crippen LogP contribution >= 0.6 is 0 Å². The van der Waals surface area contributed by atoms with Gasteiger partial charge in [0, 0.05) is 24.7 Å². The Morgan fingerprint density at radius 1 is 1.07 bits per heavy atom. The molecule has 0 radical (unpaired) electrons. The number of ether oxygens (including phenoxy) is 1. The molecular weight excluding hydrogens is 386 g/mol. The van der Waals surface area contributed by atoms with Crippen molar-refractivity contribution in [3.8, 4) is 11.6 Å². The van der Waals surface area contributed by atoms with Gasteiger partial charge in [-0.25, -0.2) is 24.5 Å². The van der Waals surface area contributed by atoms with Gasteiger partial charge in [0.2, 0.25) is 5.88 Å². The highest BCUT2D eigenvalue weighted by molar-refractivity contribution is 5.95. The molecule has 9 nitrogen and oxygen atoms in total. The molecule has 4 aromatic rings. The van der Waals surface area contributed by atoms with E-state index in [2.05, 4.69) is 15.3 Å². The van der Waals surface area contributed by atoms with E-state index >= 15 is 0 Å². The molecule has 0 unspecified atom stereocenters. The van der Waals surface area contributed by atoms with Crippen LogP contribution in [-0.4, -0.2) is 38.8 Å². The van der Waals surface area contributed by atoms with E-state index in [1.165, 1.54) is 17.0 Å². The van der Waals surface area contributed by atoms with Crippen LogP contribution in [0.15, 0.2) is 73.2 Å². The molecule has 0 saturated carbocycles. The van der Waals surface area contributed by atoms with Gasteiger partial charge in [-0.2, -0.15) is 0 Å². The van der Waals surface area contributed by atoms with Gasteiger partial charge >= 0.3 is 12.1 Å². The maximum atomic E-state index is 12.0. The number of fused-ring (bicyclic) bond motifs is 1. The first kappa shape index (κ1) is 18.9. The van der Waals surface area contributed by atoms with Gasteiger partial charge in [-0.3, -0.25) is 4.57 Å². The van der Waals surface area contributed by atoms with Gasteiger partial charge in [0.15, 0.2) is 0 Å². The topological polar surface area (TPSA) is 110 Å². The second kappa shape index (κ2) is 7.92. The lowest BCUT2D eigenvalue weighted by Crippen LogP contribution is -2.24. The zero-order valence-corrected chi connectivity index (χ0v) is 15.9. The van der Waals surface area contributed by atoms with Crippen molar-refractivity contribution in [2.24, 2.45) is 0 Å². The molecule has 0 aliphatic rings. The number of nitrogens with one attached hydrogen (secondary N) is 1. The summed E-state index contributed by atoms with van der Waals surface area (Å²) >= 11 is 0. The third-order valence-corrected chi connectivity index (χ3v) is 4.40. The minimum atomic E-state index is -1.18. The van der Waals surface area contributed by atoms with Gasteiger partial charge in [-0.1, -0.05) is 24.3 Å². The van der Waals surface area contributed by atoms with Crippen LogP contribution in [0.3, 0.4) is 0 Å². The van der Waals surface area contributed by atoms with Crippen molar-refractivity contribution in [1.29, 1.82) is 0 Å². The number of carboxylic acid groups (broad SMARTS) is 1. The third kappa shape index (κ3) is 3.51. The summed E-state index contributed by atoms with van der Waals surface area (Å²) in [6, 6.07) is 16.8. The Hall–Kier alpha value is -4.40. The summed E-state index contributed by atoms with van der Waals surface area (Å²) in [5, 5.41) is 12.9. The lowest BCUT2D eigenvalue weighted by molar-refractivity contribution is 0.204. The molecule has 0 saturated heterocycles. The molecule has 2 aromatic heterocycles. The summed E-state index contributed by atoms with van der Waals surface area (Å²) in [4.78, 5) is 33.0. The number of hydrogen-bond donors (Lipinski definition) is 2. The zero-order valence-electron chi connectivity index (χ0n) is 15.9. The van der Waals surface area contributed by atoms with Crippen LogP contribution in [0, 0.1) is 0 Å². The Bertz CT molecular complexity index is 1220. The van der Waals surface area contributed by atoms with Crippen molar-refractivity contribution in [1.82, 2.24) is 19.9 Å². The maximum Gasteiger partial charge on any atom is 0.417 e. The summed E-state index contributed by atoms with van der Waals surface area (Å²) in [7, 11) is 1.55. The summed E-state index contributed by atoms with van der Waals surface area (Å²) in [5.74, 6) is 0.789. The van der Waals surface area contributed by atoms with Gasteiger partial charge in [-0.05, 0) is 30.3 Å². The maximum absolute atomic E-state index is 12.0. The Kier molecular flexibility index (Phi) is 5.00. The normalized spacial score (nSPS) is 10.6. The van der Waals surface area contributed by atoms with E-state index in [1.807, 2.05) is 0 Å². The highest BCUT2D eigenvalue weighted by atomic mass is 16.5. The van der Waals surface area contributed by atoms with Gasteiger partial charge < -0.3 is 15.2 Å². The van der Waals surface area contributed by atoms with E-state index in [0.717, 1.165) is 4.90 Å². The minimum absolute atomic E-state index is 0.147. The number of carbonyl (C=O) groups excluding carboxylic acids is 1. The average Bonchev–Trinajstić information content (AvgIpc) is 3.19. The number of aromatic nitrogens is 3. The monoisotopic (exact) mass is 403 g/mol. The van der Waals surface area contributed by atoms with Gasteiger partial charge in [0.25, 0.3) is 0 Å². The third-order valence-electron chi connectivity index (χ3n) is 4.40. The Balaban J connectivity index is 1.69. The van der Waals surface area contributed by atoms with E-state index in [9.17, 15) is 14.7 Å². The fourth-order valence-corrected chi connectivity index (χ4v) is 3.06. The molecule has 9 heteroatoms. The molecular formula is C21H17N5O4. The molecule has 0 aliphatic carbocycles. The van der Waals surface area contributed by atoms with Crippen LogP contribution in [0.4, 0.5) is 21.1 Å². The van der Waals surface area contributed by atoms with Gasteiger partial charge in [0.1, 0.15) is 17.9 Å². The van der Waals surface area contributed by atoms with Crippen molar-refractivity contribution in [2.75, 3.05) is 11.9 Å². The SMILES string of the molecule is CNC(=O)n1ccc2c(Oc3cc(N(C(=O)O)c4ccccc4)ncn3)cccc21. The Morgan fingerprint density at radius 2 is 1.87 bits per heavy atom. The molecule has 2 heterocycles. The van der Waals surface area contributed by atoms with E-state index in [-0.39, 0.29) is 17.7 Å². The van der Waals surface area contributed by atoms with Crippen molar-refractivity contribution >= 4 is 34.5 Å². The van der Waals surface area contributed by atoms with Crippen LogP contribution in [0.5, 0.6) is 11.6 Å². The first-order valence-electron chi connectivity index (χ1n) is 8.98. The van der Waals surface area contributed by atoms with Crippen molar-refractivity contribution < 1.29 is 19.4 Å². The molecule has 2 amide bonds.